The van der Waals surface area contributed by atoms with Gasteiger partial charge in [-0.3, -0.25) is 9.78 Å². The van der Waals surface area contributed by atoms with Gasteiger partial charge in [-0.1, -0.05) is 11.6 Å². The van der Waals surface area contributed by atoms with Gasteiger partial charge in [0.25, 0.3) is 0 Å². The van der Waals surface area contributed by atoms with Crippen molar-refractivity contribution in [3.8, 4) is 17.3 Å². The van der Waals surface area contributed by atoms with Gasteiger partial charge in [0.15, 0.2) is 11.2 Å². The van der Waals surface area contributed by atoms with Crippen LogP contribution in [0, 0.1) is 6.92 Å². The van der Waals surface area contributed by atoms with E-state index in [9.17, 15) is 4.79 Å². The van der Waals surface area contributed by atoms with Crippen LogP contribution in [0.1, 0.15) is 37.4 Å². The van der Waals surface area contributed by atoms with E-state index in [0.717, 1.165) is 41.9 Å². The number of nitrogens with one attached hydrogen (secondary N) is 1. The van der Waals surface area contributed by atoms with E-state index in [2.05, 4.69) is 38.2 Å². The van der Waals surface area contributed by atoms with E-state index >= 15 is 0 Å². The predicted molar refractivity (Wildman–Crippen MR) is 142 cm³/mol. The number of imidazole rings is 1. The van der Waals surface area contributed by atoms with E-state index in [1.54, 1.807) is 0 Å². The molecule has 1 aromatic carbocycles. The fourth-order valence-electron chi connectivity index (χ4n) is 4.61. The molecule has 2 fully saturated rings. The van der Waals surface area contributed by atoms with Crippen LogP contribution in [0.4, 0.5) is 5.69 Å². The van der Waals surface area contributed by atoms with Gasteiger partial charge in [0.2, 0.25) is 11.8 Å². The largest absolute Gasteiger partial charge is 0.470 e. The van der Waals surface area contributed by atoms with Crippen molar-refractivity contribution in [1.29, 1.82) is 0 Å². The third-order valence-electron chi connectivity index (χ3n) is 6.96. The summed E-state index contributed by atoms with van der Waals surface area (Å²) in [5.41, 5.74) is 4.85. The molecule has 0 radical (unpaired) electrons. The van der Waals surface area contributed by atoms with Gasteiger partial charge < -0.3 is 19.5 Å². The van der Waals surface area contributed by atoms with E-state index in [1.165, 1.54) is 6.33 Å². The molecule has 1 amide bonds. The third kappa shape index (κ3) is 4.83. The van der Waals surface area contributed by atoms with Crippen LogP contribution in [0.25, 0.3) is 22.6 Å². The topological polar surface area (TPSA) is 98.1 Å². The van der Waals surface area contributed by atoms with Crippen LogP contribution in [0.3, 0.4) is 0 Å². The Morgan fingerprint density at radius 2 is 2.00 bits per heavy atom. The summed E-state index contributed by atoms with van der Waals surface area (Å²) < 4.78 is 8.26. The van der Waals surface area contributed by atoms with Crippen molar-refractivity contribution in [3.05, 3.63) is 59.1 Å². The molecule has 1 saturated carbocycles. The normalized spacial score (nSPS) is 16.9. The number of amides is 1. The fourth-order valence-corrected chi connectivity index (χ4v) is 4.87. The van der Waals surface area contributed by atoms with E-state index < -0.39 is 0 Å². The molecule has 0 spiro atoms. The zero-order valence-corrected chi connectivity index (χ0v) is 21.6. The number of pyridine rings is 1. The molecule has 1 saturated heterocycles. The highest BCUT2D eigenvalue weighted by molar-refractivity contribution is 6.33. The molecular weight excluding hydrogens is 490 g/mol. The number of hydrogen-bond acceptors (Lipinski definition) is 7. The number of anilines is 1. The van der Waals surface area contributed by atoms with Crippen LogP contribution < -0.4 is 15.0 Å². The molecule has 2 aliphatic rings. The van der Waals surface area contributed by atoms with E-state index in [0.29, 0.717) is 53.9 Å². The van der Waals surface area contributed by atoms with Crippen LogP contribution in [0.15, 0.2) is 42.9 Å². The van der Waals surface area contributed by atoms with Gasteiger partial charge in [-0.15, -0.1) is 0 Å². The maximum absolute atomic E-state index is 11.8. The number of nitrogens with zero attached hydrogens (tertiary/aromatic N) is 6. The molecular formula is C27H28ClN7O2. The molecule has 10 heteroatoms. The molecule has 1 aliphatic heterocycles. The minimum Gasteiger partial charge on any atom is -0.470 e. The molecule has 4 aromatic rings. The second-order valence-electron chi connectivity index (χ2n) is 10.0. The van der Waals surface area contributed by atoms with E-state index in [-0.39, 0.29) is 11.5 Å². The number of rotatable bonds is 6. The second-order valence-corrected chi connectivity index (χ2v) is 10.4. The third-order valence-corrected chi connectivity index (χ3v) is 7.27. The van der Waals surface area contributed by atoms with Gasteiger partial charge in [0, 0.05) is 43.5 Å². The average molecular weight is 518 g/mol. The molecule has 1 aliphatic carbocycles. The summed E-state index contributed by atoms with van der Waals surface area (Å²) in [5.74, 6) is 1.23. The number of ether oxygens (including phenoxy) is 1. The molecule has 190 valence electrons. The molecule has 9 nitrogen and oxygen atoms in total. The van der Waals surface area contributed by atoms with Crippen molar-refractivity contribution in [2.75, 3.05) is 24.5 Å². The SMILES string of the molecule is Cc1ccnc(Cn2c(-c3ccc(N4CCNC(=O)CC4)cc3Cl)nc3c(OC4(C)CC4)ncnc32)c1. The van der Waals surface area contributed by atoms with Gasteiger partial charge in [0.1, 0.15) is 17.8 Å². The van der Waals surface area contributed by atoms with Gasteiger partial charge in [0.05, 0.1) is 17.3 Å². The molecule has 4 heterocycles. The van der Waals surface area contributed by atoms with Crippen LogP contribution in [0.2, 0.25) is 5.02 Å². The van der Waals surface area contributed by atoms with Crippen molar-refractivity contribution in [2.45, 2.75) is 45.3 Å². The molecule has 3 aromatic heterocycles. The van der Waals surface area contributed by atoms with Gasteiger partial charge in [-0.25, -0.2) is 9.97 Å². The van der Waals surface area contributed by atoms with Crippen molar-refractivity contribution in [2.24, 2.45) is 0 Å². The van der Waals surface area contributed by atoms with Crippen LogP contribution in [0.5, 0.6) is 5.88 Å². The van der Waals surface area contributed by atoms with Crippen LogP contribution in [-0.4, -0.2) is 55.6 Å². The quantitative estimate of drug-likeness (QED) is 0.410. The highest BCUT2D eigenvalue weighted by atomic mass is 35.5. The number of carbonyl (C=O) groups excluding carboxylic acids is 1. The predicted octanol–water partition coefficient (Wildman–Crippen LogP) is 4.16. The van der Waals surface area contributed by atoms with E-state index in [4.69, 9.17) is 21.3 Å². The van der Waals surface area contributed by atoms with E-state index in [1.807, 2.05) is 42.0 Å². The maximum Gasteiger partial charge on any atom is 0.245 e. The number of aryl methyl sites for hydroxylation is 1. The number of halogens is 1. The minimum atomic E-state index is -0.202. The Bertz CT molecular complexity index is 1500. The fraction of sp³-hybridized carbons (Fsp3) is 0.370. The number of aromatic nitrogens is 5. The van der Waals surface area contributed by atoms with Crippen molar-refractivity contribution in [3.63, 3.8) is 0 Å². The summed E-state index contributed by atoms with van der Waals surface area (Å²) >= 11 is 6.89. The van der Waals surface area contributed by atoms with Crippen molar-refractivity contribution in [1.82, 2.24) is 29.8 Å². The molecule has 37 heavy (non-hydrogen) atoms. The average Bonchev–Trinajstić information content (AvgIpc) is 3.55. The lowest BCUT2D eigenvalue weighted by molar-refractivity contribution is -0.120. The first-order valence-electron chi connectivity index (χ1n) is 12.5. The van der Waals surface area contributed by atoms with Gasteiger partial charge in [-0.05, 0) is 62.6 Å². The summed E-state index contributed by atoms with van der Waals surface area (Å²) in [5, 5.41) is 3.48. The zero-order valence-electron chi connectivity index (χ0n) is 20.9. The van der Waals surface area contributed by atoms with Crippen molar-refractivity contribution < 1.29 is 9.53 Å². The molecule has 0 unspecified atom stereocenters. The lowest BCUT2D eigenvalue weighted by Gasteiger charge is -2.22. The van der Waals surface area contributed by atoms with Crippen LogP contribution >= 0.6 is 11.6 Å². The minimum absolute atomic E-state index is 0.0721. The first kappa shape index (κ1) is 23.7. The number of carbonyl (C=O) groups is 1. The monoisotopic (exact) mass is 517 g/mol. The summed E-state index contributed by atoms with van der Waals surface area (Å²) in [6, 6.07) is 9.98. The first-order chi connectivity index (χ1) is 17.9. The lowest BCUT2D eigenvalue weighted by Crippen LogP contribution is -2.28. The lowest BCUT2D eigenvalue weighted by atomic mass is 10.1. The summed E-state index contributed by atoms with van der Waals surface area (Å²) in [6.07, 6.45) is 5.77. The molecule has 1 N–H and O–H groups in total. The highest BCUT2D eigenvalue weighted by Crippen LogP contribution is 2.41. The summed E-state index contributed by atoms with van der Waals surface area (Å²) in [7, 11) is 0. The van der Waals surface area contributed by atoms with Gasteiger partial charge in [-0.2, -0.15) is 4.98 Å². The summed E-state index contributed by atoms with van der Waals surface area (Å²) in [6.45, 7) is 6.58. The Hall–Kier alpha value is -3.72. The molecule has 6 rings (SSSR count). The number of hydrogen-bond donors (Lipinski definition) is 1. The Labute approximate surface area is 219 Å². The second kappa shape index (κ2) is 9.30. The first-order valence-corrected chi connectivity index (χ1v) is 12.9. The standard InChI is InChI=1S/C27H28ClN7O2/c1-17-5-9-29-18(13-17)15-35-24(33-23-25(35)31-16-32-26(23)37-27(2)7-8-27)20-4-3-19(14-21(20)28)34-11-6-22(36)30-10-12-34/h3-5,9,13-14,16H,6-8,10-12,15H2,1-2H3,(H,30,36). The Balaban J connectivity index is 1.44. The maximum atomic E-state index is 11.8. The smallest absolute Gasteiger partial charge is 0.245 e. The van der Waals surface area contributed by atoms with Crippen molar-refractivity contribution >= 4 is 34.4 Å². The van der Waals surface area contributed by atoms with Gasteiger partial charge >= 0.3 is 0 Å². The Morgan fingerprint density at radius 1 is 1.14 bits per heavy atom. The zero-order chi connectivity index (χ0) is 25.6. The molecule has 0 bridgehead atoms. The number of benzene rings is 1. The Morgan fingerprint density at radius 3 is 2.78 bits per heavy atom. The highest BCUT2D eigenvalue weighted by Gasteiger charge is 2.41. The Kier molecular flexibility index (Phi) is 5.95. The number of fused-ring (bicyclic) bond motifs is 1. The summed E-state index contributed by atoms with van der Waals surface area (Å²) in [4.78, 5) is 32.5. The molecule has 0 atom stereocenters. The van der Waals surface area contributed by atoms with Crippen LogP contribution in [-0.2, 0) is 11.3 Å².